The summed E-state index contributed by atoms with van der Waals surface area (Å²) in [6, 6.07) is 10.5. The molecule has 1 aromatic heterocycles. The maximum atomic E-state index is 5.46. The van der Waals surface area contributed by atoms with E-state index in [1.807, 2.05) is 6.20 Å². The number of hydrogen-bond donors (Lipinski definition) is 1. The molecule has 1 aliphatic rings. The minimum Gasteiger partial charge on any atom is -0.474 e. The Bertz CT molecular complexity index is 534. The summed E-state index contributed by atoms with van der Waals surface area (Å²) in [6.45, 7) is 3.61. The molecule has 1 aliphatic heterocycles. The average Bonchev–Trinajstić information content (AvgIpc) is 2.39. The summed E-state index contributed by atoms with van der Waals surface area (Å²) >= 11 is 0. The SMILES string of the molecule is Cc1ccc(-c2cnc3c(c2)NCCO3)cc1. The van der Waals surface area contributed by atoms with Gasteiger partial charge in [-0.1, -0.05) is 29.8 Å². The Labute approximate surface area is 100 Å². The quantitative estimate of drug-likeness (QED) is 0.811. The van der Waals surface area contributed by atoms with E-state index in [0.717, 1.165) is 17.8 Å². The molecule has 0 spiro atoms. The summed E-state index contributed by atoms with van der Waals surface area (Å²) in [6.07, 6.45) is 1.86. The lowest BCUT2D eigenvalue weighted by Gasteiger charge is -2.18. The van der Waals surface area contributed by atoms with Gasteiger partial charge >= 0.3 is 0 Å². The van der Waals surface area contributed by atoms with Gasteiger partial charge in [-0.25, -0.2) is 4.98 Å². The van der Waals surface area contributed by atoms with Crippen LogP contribution in [0.25, 0.3) is 11.1 Å². The Morgan fingerprint density at radius 3 is 2.82 bits per heavy atom. The van der Waals surface area contributed by atoms with Gasteiger partial charge in [0, 0.05) is 18.3 Å². The lowest BCUT2D eigenvalue weighted by Crippen LogP contribution is -2.18. The smallest absolute Gasteiger partial charge is 0.237 e. The highest BCUT2D eigenvalue weighted by Gasteiger charge is 2.11. The summed E-state index contributed by atoms with van der Waals surface area (Å²) in [5, 5.41) is 3.30. The van der Waals surface area contributed by atoms with Crippen molar-refractivity contribution in [3.05, 3.63) is 42.1 Å². The van der Waals surface area contributed by atoms with Crippen molar-refractivity contribution in [2.75, 3.05) is 18.5 Å². The second kappa shape index (κ2) is 4.09. The molecular formula is C14H14N2O. The van der Waals surface area contributed by atoms with Crippen molar-refractivity contribution in [2.45, 2.75) is 6.92 Å². The van der Waals surface area contributed by atoms with Gasteiger partial charge in [-0.15, -0.1) is 0 Å². The van der Waals surface area contributed by atoms with Gasteiger partial charge in [-0.3, -0.25) is 0 Å². The number of rotatable bonds is 1. The van der Waals surface area contributed by atoms with Crippen molar-refractivity contribution in [3.63, 3.8) is 0 Å². The van der Waals surface area contributed by atoms with Crippen LogP contribution < -0.4 is 10.1 Å². The van der Waals surface area contributed by atoms with Gasteiger partial charge in [0.05, 0.1) is 5.69 Å². The van der Waals surface area contributed by atoms with E-state index in [2.05, 4.69) is 47.6 Å². The van der Waals surface area contributed by atoms with Gasteiger partial charge in [0.1, 0.15) is 6.61 Å². The minimum absolute atomic E-state index is 0.684. The lowest BCUT2D eigenvalue weighted by molar-refractivity contribution is 0.310. The van der Waals surface area contributed by atoms with E-state index < -0.39 is 0 Å². The number of pyridine rings is 1. The van der Waals surface area contributed by atoms with E-state index in [9.17, 15) is 0 Å². The molecule has 3 heteroatoms. The number of aromatic nitrogens is 1. The highest BCUT2D eigenvalue weighted by Crippen LogP contribution is 2.29. The Morgan fingerprint density at radius 1 is 1.18 bits per heavy atom. The van der Waals surface area contributed by atoms with Crippen molar-refractivity contribution >= 4 is 5.69 Å². The Hall–Kier alpha value is -2.03. The van der Waals surface area contributed by atoms with Crippen LogP contribution >= 0.6 is 0 Å². The van der Waals surface area contributed by atoms with Crippen LogP contribution in [0.4, 0.5) is 5.69 Å². The van der Waals surface area contributed by atoms with Crippen LogP contribution in [0.5, 0.6) is 5.88 Å². The van der Waals surface area contributed by atoms with E-state index in [4.69, 9.17) is 4.74 Å². The highest BCUT2D eigenvalue weighted by atomic mass is 16.5. The molecule has 2 aromatic rings. The third-order valence-corrected chi connectivity index (χ3v) is 2.89. The summed E-state index contributed by atoms with van der Waals surface area (Å²) < 4.78 is 5.46. The molecule has 0 atom stereocenters. The van der Waals surface area contributed by atoms with Crippen molar-refractivity contribution in [3.8, 4) is 17.0 Å². The predicted octanol–water partition coefficient (Wildman–Crippen LogP) is 2.86. The average molecular weight is 226 g/mol. The Kier molecular flexibility index (Phi) is 2.44. The minimum atomic E-state index is 0.684. The first-order valence-corrected chi connectivity index (χ1v) is 5.77. The zero-order valence-corrected chi connectivity index (χ0v) is 9.73. The first-order valence-electron chi connectivity index (χ1n) is 5.77. The third-order valence-electron chi connectivity index (χ3n) is 2.89. The summed E-state index contributed by atoms with van der Waals surface area (Å²) in [5.74, 6) is 0.701. The standard InChI is InChI=1S/C14H14N2O/c1-10-2-4-11(5-3-10)12-8-13-14(16-9-12)17-7-6-15-13/h2-5,8-9,15H,6-7H2,1H3. The molecule has 86 valence electrons. The van der Waals surface area contributed by atoms with Gasteiger partial charge in [0.25, 0.3) is 0 Å². The Balaban J connectivity index is 2.01. The molecule has 3 nitrogen and oxygen atoms in total. The lowest BCUT2D eigenvalue weighted by atomic mass is 10.1. The number of nitrogens with zero attached hydrogens (tertiary/aromatic N) is 1. The van der Waals surface area contributed by atoms with Crippen molar-refractivity contribution in [2.24, 2.45) is 0 Å². The van der Waals surface area contributed by atoms with E-state index in [1.54, 1.807) is 0 Å². The van der Waals surface area contributed by atoms with Crippen molar-refractivity contribution < 1.29 is 4.74 Å². The molecule has 0 fully saturated rings. The molecule has 1 N–H and O–H groups in total. The van der Waals surface area contributed by atoms with Crippen molar-refractivity contribution in [1.82, 2.24) is 4.98 Å². The molecule has 17 heavy (non-hydrogen) atoms. The molecule has 0 bridgehead atoms. The van der Waals surface area contributed by atoms with Gasteiger partial charge < -0.3 is 10.1 Å². The van der Waals surface area contributed by atoms with Crippen LogP contribution in [0.15, 0.2) is 36.5 Å². The van der Waals surface area contributed by atoms with Crippen LogP contribution in [0.3, 0.4) is 0 Å². The molecule has 0 radical (unpaired) electrons. The zero-order valence-electron chi connectivity index (χ0n) is 9.73. The van der Waals surface area contributed by atoms with E-state index >= 15 is 0 Å². The molecule has 0 saturated heterocycles. The van der Waals surface area contributed by atoms with Crippen LogP contribution in [0, 0.1) is 6.92 Å². The fraction of sp³-hybridized carbons (Fsp3) is 0.214. The maximum absolute atomic E-state index is 5.46. The number of anilines is 1. The van der Waals surface area contributed by atoms with Gasteiger partial charge in [-0.05, 0) is 18.6 Å². The monoisotopic (exact) mass is 226 g/mol. The fourth-order valence-corrected chi connectivity index (χ4v) is 1.93. The third kappa shape index (κ3) is 1.96. The molecule has 2 heterocycles. The largest absolute Gasteiger partial charge is 0.474 e. The van der Waals surface area contributed by atoms with Crippen LogP contribution in [0.2, 0.25) is 0 Å². The highest BCUT2D eigenvalue weighted by molar-refractivity contribution is 5.70. The number of hydrogen-bond acceptors (Lipinski definition) is 3. The van der Waals surface area contributed by atoms with Crippen molar-refractivity contribution in [1.29, 1.82) is 0 Å². The second-order valence-electron chi connectivity index (χ2n) is 4.22. The zero-order chi connectivity index (χ0) is 11.7. The van der Waals surface area contributed by atoms with Gasteiger partial charge in [0.15, 0.2) is 0 Å². The molecule has 0 amide bonds. The Morgan fingerprint density at radius 2 is 2.00 bits per heavy atom. The summed E-state index contributed by atoms with van der Waals surface area (Å²) in [7, 11) is 0. The number of benzene rings is 1. The maximum Gasteiger partial charge on any atom is 0.237 e. The first kappa shape index (κ1) is 10.1. The van der Waals surface area contributed by atoms with Gasteiger partial charge in [0.2, 0.25) is 5.88 Å². The normalized spacial score (nSPS) is 13.5. The summed E-state index contributed by atoms with van der Waals surface area (Å²) in [4.78, 5) is 4.33. The van der Waals surface area contributed by atoms with Gasteiger partial charge in [-0.2, -0.15) is 0 Å². The predicted molar refractivity (Wildman–Crippen MR) is 68.4 cm³/mol. The van der Waals surface area contributed by atoms with Crippen LogP contribution in [0.1, 0.15) is 5.56 Å². The molecule has 3 rings (SSSR count). The number of fused-ring (bicyclic) bond motifs is 1. The summed E-state index contributed by atoms with van der Waals surface area (Å²) in [5.41, 5.74) is 4.54. The van der Waals surface area contributed by atoms with Crippen LogP contribution in [-0.2, 0) is 0 Å². The molecule has 0 aliphatic carbocycles. The topological polar surface area (TPSA) is 34.2 Å². The molecule has 0 saturated carbocycles. The molecule has 1 aromatic carbocycles. The van der Waals surface area contributed by atoms with E-state index in [-0.39, 0.29) is 0 Å². The second-order valence-corrected chi connectivity index (χ2v) is 4.22. The van der Waals surface area contributed by atoms with E-state index in [1.165, 1.54) is 11.1 Å². The fourth-order valence-electron chi connectivity index (χ4n) is 1.93. The molecular weight excluding hydrogens is 212 g/mol. The number of aryl methyl sites for hydroxylation is 1. The molecule has 0 unspecified atom stereocenters. The number of ether oxygens (including phenoxy) is 1. The first-order chi connectivity index (χ1) is 8.33. The number of nitrogens with one attached hydrogen (secondary N) is 1. The van der Waals surface area contributed by atoms with Crippen LogP contribution in [-0.4, -0.2) is 18.1 Å². The van der Waals surface area contributed by atoms with E-state index in [0.29, 0.717) is 12.5 Å².